The van der Waals surface area contributed by atoms with Crippen LogP contribution in [0, 0.1) is 11.8 Å². The lowest BCUT2D eigenvalue weighted by atomic mass is 10.0. The van der Waals surface area contributed by atoms with Crippen molar-refractivity contribution < 1.29 is 19.1 Å². The van der Waals surface area contributed by atoms with Crippen molar-refractivity contribution in [1.82, 2.24) is 19.5 Å². The Hall–Kier alpha value is -2.95. The number of esters is 2. The fourth-order valence-corrected chi connectivity index (χ4v) is 5.58. The summed E-state index contributed by atoms with van der Waals surface area (Å²) in [5, 5.41) is 0. The molecule has 0 aliphatic rings. The van der Waals surface area contributed by atoms with Crippen LogP contribution < -0.4 is 17.0 Å². The molecule has 0 aliphatic heterocycles. The second-order valence-corrected chi connectivity index (χ2v) is 13.2. The lowest BCUT2D eigenvalue weighted by Gasteiger charge is -2.19. The quantitative estimate of drug-likeness (QED) is 0.0696. The number of nitrogens with zero attached hydrogens (tertiary/aromatic N) is 3. The van der Waals surface area contributed by atoms with Gasteiger partial charge in [0.05, 0.1) is 19.5 Å². The minimum Gasteiger partial charge on any atom is -0.465 e. The molecule has 2 heterocycles. The highest BCUT2D eigenvalue weighted by molar-refractivity contribution is 5.75. The summed E-state index contributed by atoms with van der Waals surface area (Å²) in [7, 11) is 0. The van der Waals surface area contributed by atoms with Crippen molar-refractivity contribution >= 4 is 29.1 Å². The summed E-state index contributed by atoms with van der Waals surface area (Å²) in [6, 6.07) is -0.697. The summed E-state index contributed by atoms with van der Waals surface area (Å²) in [6.07, 6.45) is 24.3. The van der Waals surface area contributed by atoms with E-state index in [2.05, 4.69) is 21.9 Å². The molecule has 5 N–H and O–H groups in total. The first kappa shape index (κ1) is 39.2. The maximum Gasteiger partial charge on any atom is 0.323 e. The predicted octanol–water partition coefficient (Wildman–Crippen LogP) is 6.82. The highest BCUT2D eigenvalue weighted by atomic mass is 16.5. The van der Waals surface area contributed by atoms with Crippen LogP contribution in [0.25, 0.3) is 11.2 Å². The normalized spacial score (nSPS) is 12.9. The van der Waals surface area contributed by atoms with E-state index in [-0.39, 0.29) is 42.5 Å². The molecule has 0 spiro atoms. The van der Waals surface area contributed by atoms with Crippen LogP contribution in [0.15, 0.2) is 11.1 Å². The van der Waals surface area contributed by atoms with Crippen molar-refractivity contribution in [3.8, 4) is 0 Å². The molecular weight excluding hydrogens is 584 g/mol. The summed E-state index contributed by atoms with van der Waals surface area (Å²) >= 11 is 0. The van der Waals surface area contributed by atoms with E-state index < -0.39 is 17.6 Å². The third kappa shape index (κ3) is 16.1. The molecule has 0 aliphatic carbocycles. The van der Waals surface area contributed by atoms with Crippen LogP contribution in [-0.2, 0) is 25.6 Å². The van der Waals surface area contributed by atoms with Gasteiger partial charge in [0.1, 0.15) is 6.04 Å². The molecule has 11 heteroatoms. The van der Waals surface area contributed by atoms with Crippen LogP contribution in [0.4, 0.5) is 5.95 Å². The SMILES string of the molecule is CCCCCCCCCCCCCCCCCCCC(=O)OCC(CCOC(=O)[C@@H](N)C(C)C)Cn1cnc2c(=O)[nH]c(N)nc21. The average Bonchev–Trinajstić information content (AvgIpc) is 3.43. The van der Waals surface area contributed by atoms with Crippen molar-refractivity contribution in [1.29, 1.82) is 0 Å². The van der Waals surface area contributed by atoms with Gasteiger partial charge >= 0.3 is 11.9 Å². The molecule has 11 nitrogen and oxygen atoms in total. The summed E-state index contributed by atoms with van der Waals surface area (Å²) in [5.41, 5.74) is 11.7. The number of aromatic amines is 1. The number of fused-ring (bicyclic) bond motifs is 1. The Morgan fingerprint density at radius 2 is 1.41 bits per heavy atom. The number of hydrogen-bond donors (Lipinski definition) is 3. The smallest absolute Gasteiger partial charge is 0.323 e. The Bertz CT molecular complexity index is 1180. The van der Waals surface area contributed by atoms with E-state index in [1.54, 1.807) is 4.57 Å². The molecule has 0 fully saturated rings. The number of aromatic nitrogens is 4. The molecule has 262 valence electrons. The molecule has 0 saturated carbocycles. The van der Waals surface area contributed by atoms with E-state index in [0.29, 0.717) is 25.0 Å². The number of anilines is 1. The summed E-state index contributed by atoms with van der Waals surface area (Å²) in [5.74, 6) is -0.946. The Morgan fingerprint density at radius 3 is 1.96 bits per heavy atom. The van der Waals surface area contributed by atoms with Gasteiger partial charge in [-0.3, -0.25) is 19.4 Å². The number of ether oxygens (including phenoxy) is 2. The fraction of sp³-hybridized carbons (Fsp3) is 0.800. The Kier molecular flexibility index (Phi) is 19.9. The van der Waals surface area contributed by atoms with Gasteiger partial charge in [0.25, 0.3) is 5.56 Å². The maximum absolute atomic E-state index is 12.5. The number of imidazole rings is 1. The summed E-state index contributed by atoms with van der Waals surface area (Å²) < 4.78 is 12.7. The molecule has 0 bridgehead atoms. The highest BCUT2D eigenvalue weighted by Gasteiger charge is 2.21. The lowest BCUT2D eigenvalue weighted by molar-refractivity contribution is -0.149. The van der Waals surface area contributed by atoms with Crippen LogP contribution in [0.2, 0.25) is 0 Å². The van der Waals surface area contributed by atoms with Crippen LogP contribution in [-0.4, -0.2) is 50.7 Å². The zero-order valence-electron chi connectivity index (χ0n) is 28.9. The third-order valence-corrected chi connectivity index (χ3v) is 8.67. The van der Waals surface area contributed by atoms with Crippen molar-refractivity contribution in [3.63, 3.8) is 0 Å². The largest absolute Gasteiger partial charge is 0.465 e. The van der Waals surface area contributed by atoms with Crippen molar-refractivity contribution in [2.45, 2.75) is 155 Å². The summed E-state index contributed by atoms with van der Waals surface area (Å²) in [6.45, 7) is 6.61. The van der Waals surface area contributed by atoms with E-state index in [1.165, 1.54) is 96.2 Å². The Balaban J connectivity index is 1.63. The fourth-order valence-electron chi connectivity index (χ4n) is 5.58. The van der Waals surface area contributed by atoms with Crippen molar-refractivity contribution in [2.75, 3.05) is 18.9 Å². The number of hydrogen-bond acceptors (Lipinski definition) is 9. The van der Waals surface area contributed by atoms with Gasteiger partial charge in [-0.15, -0.1) is 0 Å². The topological polar surface area (TPSA) is 168 Å². The number of nitrogen functional groups attached to an aromatic ring is 1. The van der Waals surface area contributed by atoms with E-state index in [0.717, 1.165) is 19.3 Å². The molecule has 2 rings (SSSR count). The number of nitrogens with two attached hydrogens (primary N) is 2. The van der Waals surface area contributed by atoms with Gasteiger partial charge in [-0.1, -0.05) is 124 Å². The number of rotatable bonds is 27. The van der Waals surface area contributed by atoms with Crippen molar-refractivity contribution in [3.05, 3.63) is 16.7 Å². The zero-order valence-corrected chi connectivity index (χ0v) is 28.9. The number of carbonyl (C=O) groups excluding carboxylic acids is 2. The first-order valence-corrected chi connectivity index (χ1v) is 18.0. The molecule has 0 radical (unpaired) electrons. The average molecular weight is 647 g/mol. The van der Waals surface area contributed by atoms with Gasteiger partial charge < -0.3 is 25.5 Å². The third-order valence-electron chi connectivity index (χ3n) is 8.67. The van der Waals surface area contributed by atoms with E-state index in [9.17, 15) is 14.4 Å². The number of nitrogens with one attached hydrogen (secondary N) is 1. The Morgan fingerprint density at radius 1 is 0.870 bits per heavy atom. The van der Waals surface area contributed by atoms with E-state index in [1.807, 2.05) is 13.8 Å². The number of H-pyrrole nitrogens is 1. The van der Waals surface area contributed by atoms with Crippen LogP contribution in [0.3, 0.4) is 0 Å². The maximum atomic E-state index is 12.5. The van der Waals surface area contributed by atoms with E-state index in [4.69, 9.17) is 20.9 Å². The molecule has 2 aromatic rings. The lowest BCUT2D eigenvalue weighted by Crippen LogP contribution is -2.37. The molecule has 0 amide bonds. The Labute approximate surface area is 276 Å². The second kappa shape index (κ2) is 23.4. The van der Waals surface area contributed by atoms with Crippen molar-refractivity contribution in [2.24, 2.45) is 17.6 Å². The minimum absolute atomic E-state index is 0.00656. The van der Waals surface area contributed by atoms with Gasteiger partial charge in [0, 0.05) is 18.9 Å². The van der Waals surface area contributed by atoms with E-state index >= 15 is 0 Å². The number of unbranched alkanes of at least 4 members (excludes halogenated alkanes) is 16. The standard InChI is InChI=1S/C35H62N6O5/c1-4-5-6-7-8-9-10-11-12-13-14-15-16-17-18-19-20-21-29(42)46-25-28(22-23-45-34(44)30(36)27(2)3)24-41-26-38-31-32(41)39-35(37)40-33(31)43/h26-28,30H,4-25,36H2,1-3H3,(H3,37,39,40,43)/t28?,30-/m0/s1. The molecule has 0 saturated heterocycles. The second-order valence-electron chi connectivity index (χ2n) is 13.2. The highest BCUT2D eigenvalue weighted by Crippen LogP contribution is 2.17. The predicted molar refractivity (Wildman–Crippen MR) is 184 cm³/mol. The minimum atomic E-state index is -0.697. The number of carbonyl (C=O) groups is 2. The molecular formula is C35H62N6O5. The van der Waals surface area contributed by atoms with Gasteiger partial charge in [-0.25, -0.2) is 4.98 Å². The molecule has 1 unspecified atom stereocenters. The van der Waals surface area contributed by atoms with Gasteiger partial charge in [0.15, 0.2) is 11.2 Å². The molecule has 0 aromatic carbocycles. The van der Waals surface area contributed by atoms with Crippen LogP contribution >= 0.6 is 0 Å². The first-order chi connectivity index (χ1) is 22.2. The van der Waals surface area contributed by atoms with Gasteiger partial charge in [0.2, 0.25) is 5.95 Å². The van der Waals surface area contributed by atoms with Crippen LogP contribution in [0.1, 0.15) is 143 Å². The molecule has 2 aromatic heterocycles. The molecule has 2 atom stereocenters. The molecule has 46 heavy (non-hydrogen) atoms. The first-order valence-electron chi connectivity index (χ1n) is 18.0. The van der Waals surface area contributed by atoms with Gasteiger partial charge in [-0.2, -0.15) is 4.98 Å². The summed E-state index contributed by atoms with van der Waals surface area (Å²) in [4.78, 5) is 47.8. The zero-order chi connectivity index (χ0) is 33.6. The van der Waals surface area contributed by atoms with Crippen LogP contribution in [0.5, 0.6) is 0 Å². The van der Waals surface area contributed by atoms with Gasteiger partial charge in [-0.05, 0) is 18.8 Å². The monoisotopic (exact) mass is 646 g/mol.